The molecular weight excluding hydrogens is 410 g/mol. The number of carbonyl (C=O) groups excluding carboxylic acids is 3. The first-order valence-electron chi connectivity index (χ1n) is 10.1. The van der Waals surface area contributed by atoms with Crippen molar-refractivity contribution in [1.29, 1.82) is 0 Å². The van der Waals surface area contributed by atoms with Crippen molar-refractivity contribution in [3.63, 3.8) is 0 Å². The summed E-state index contributed by atoms with van der Waals surface area (Å²) in [5.41, 5.74) is 1.65. The monoisotopic (exact) mass is 433 g/mol. The molecule has 8 heteroatoms. The van der Waals surface area contributed by atoms with Crippen LogP contribution in [-0.2, 0) is 14.4 Å². The number of fused-ring (bicyclic) bond motifs is 1. The van der Waals surface area contributed by atoms with Gasteiger partial charge in [0.25, 0.3) is 0 Å². The third kappa shape index (κ3) is 4.08. The topological polar surface area (TPSA) is 70.1 Å². The van der Waals surface area contributed by atoms with Crippen LogP contribution < -0.4 is 0 Å². The lowest BCUT2D eigenvalue weighted by Crippen LogP contribution is -2.46. The van der Waals surface area contributed by atoms with Crippen LogP contribution >= 0.6 is 23.4 Å². The zero-order valence-electron chi connectivity index (χ0n) is 16.4. The molecule has 2 atom stereocenters. The van der Waals surface area contributed by atoms with Crippen molar-refractivity contribution in [3.05, 3.63) is 28.8 Å². The Labute approximate surface area is 179 Å². The molecule has 0 bridgehead atoms. The maximum absolute atomic E-state index is 13.0. The number of aryl methyl sites for hydroxylation is 1. The second-order valence-electron chi connectivity index (χ2n) is 7.84. The van der Waals surface area contributed by atoms with Crippen LogP contribution in [0.3, 0.4) is 0 Å². The van der Waals surface area contributed by atoms with E-state index in [1.165, 1.54) is 16.7 Å². The molecule has 0 spiro atoms. The minimum Gasteiger partial charge on any atom is -0.290 e. The van der Waals surface area contributed by atoms with Gasteiger partial charge in [-0.1, -0.05) is 42.3 Å². The SMILES string of the molecule is Cc1ccc(N=C2SCCCN2C(=O)CN2C(=O)[C@H]3CCCC[C@H]3C2=O)cc1Cl. The molecule has 0 N–H and O–H groups in total. The van der Waals surface area contributed by atoms with Crippen molar-refractivity contribution in [2.75, 3.05) is 18.8 Å². The van der Waals surface area contributed by atoms with Gasteiger partial charge in [-0.3, -0.25) is 24.2 Å². The molecule has 4 rings (SSSR count). The van der Waals surface area contributed by atoms with E-state index in [1.807, 2.05) is 19.1 Å². The Bertz CT molecular complexity index is 864. The molecule has 1 aliphatic carbocycles. The molecule has 3 fully saturated rings. The van der Waals surface area contributed by atoms with E-state index in [1.54, 1.807) is 11.0 Å². The third-order valence-corrected chi connectivity index (χ3v) is 7.36. The van der Waals surface area contributed by atoms with Gasteiger partial charge in [-0.15, -0.1) is 0 Å². The molecular formula is C21H24ClN3O3S. The normalized spacial score (nSPS) is 26.2. The Morgan fingerprint density at radius 1 is 1.17 bits per heavy atom. The van der Waals surface area contributed by atoms with Gasteiger partial charge in [0.05, 0.1) is 17.5 Å². The number of hydrogen-bond donors (Lipinski definition) is 0. The van der Waals surface area contributed by atoms with Crippen LogP contribution in [0.25, 0.3) is 0 Å². The predicted octanol–water partition coefficient (Wildman–Crippen LogP) is 3.78. The summed E-state index contributed by atoms with van der Waals surface area (Å²) in [5.74, 6) is -0.212. The van der Waals surface area contributed by atoms with Gasteiger partial charge in [-0.2, -0.15) is 0 Å². The Hall–Kier alpha value is -1.86. The number of halogens is 1. The van der Waals surface area contributed by atoms with Gasteiger partial charge >= 0.3 is 0 Å². The van der Waals surface area contributed by atoms with Gasteiger partial charge in [-0.25, -0.2) is 4.99 Å². The Kier molecular flexibility index (Phi) is 5.97. The first-order chi connectivity index (χ1) is 14.0. The number of thioether (sulfide) groups is 1. The fourth-order valence-corrected chi connectivity index (χ4v) is 5.40. The molecule has 2 saturated heterocycles. The molecule has 2 heterocycles. The molecule has 6 nitrogen and oxygen atoms in total. The van der Waals surface area contributed by atoms with Crippen LogP contribution in [0, 0.1) is 18.8 Å². The van der Waals surface area contributed by atoms with Gasteiger partial charge in [0, 0.05) is 17.3 Å². The highest BCUT2D eigenvalue weighted by Gasteiger charge is 2.49. The number of aliphatic imine (C=N–C) groups is 1. The second kappa shape index (κ2) is 8.48. The Balaban J connectivity index is 1.52. The molecule has 0 unspecified atom stereocenters. The van der Waals surface area contributed by atoms with Gasteiger partial charge in [0.2, 0.25) is 17.7 Å². The standard InChI is InChI=1S/C21H24ClN3O3S/c1-13-7-8-14(11-17(13)22)23-21-24(9-4-10-29-21)18(26)12-25-19(27)15-5-2-3-6-16(15)20(25)28/h7-8,11,15-16H,2-6,9-10,12H2,1H3/t15-,16+. The van der Waals surface area contributed by atoms with Gasteiger partial charge in [0.15, 0.2) is 5.17 Å². The van der Waals surface area contributed by atoms with Gasteiger partial charge < -0.3 is 0 Å². The zero-order chi connectivity index (χ0) is 20.5. The lowest BCUT2D eigenvalue weighted by molar-refractivity contribution is -0.145. The summed E-state index contributed by atoms with van der Waals surface area (Å²) in [6.07, 6.45) is 4.29. The predicted molar refractivity (Wildman–Crippen MR) is 114 cm³/mol. The average molecular weight is 434 g/mol. The molecule has 3 aliphatic rings. The van der Waals surface area contributed by atoms with Crippen molar-refractivity contribution in [2.24, 2.45) is 16.8 Å². The third-order valence-electron chi connectivity index (χ3n) is 5.90. The molecule has 29 heavy (non-hydrogen) atoms. The zero-order valence-corrected chi connectivity index (χ0v) is 18.0. The van der Waals surface area contributed by atoms with Crippen LogP contribution in [0.5, 0.6) is 0 Å². The summed E-state index contributed by atoms with van der Waals surface area (Å²) in [7, 11) is 0. The summed E-state index contributed by atoms with van der Waals surface area (Å²) in [4.78, 5) is 45.8. The lowest BCUT2D eigenvalue weighted by atomic mass is 9.81. The highest BCUT2D eigenvalue weighted by Crippen LogP contribution is 2.38. The van der Waals surface area contributed by atoms with Crippen molar-refractivity contribution >= 4 is 51.9 Å². The number of imide groups is 1. The first kappa shape index (κ1) is 20.4. The molecule has 1 aromatic carbocycles. The van der Waals surface area contributed by atoms with Gasteiger partial charge in [-0.05, 0) is 43.9 Å². The van der Waals surface area contributed by atoms with E-state index in [0.717, 1.165) is 43.4 Å². The quantitative estimate of drug-likeness (QED) is 0.680. The summed E-state index contributed by atoms with van der Waals surface area (Å²) >= 11 is 7.71. The molecule has 0 radical (unpaired) electrons. The fourth-order valence-electron chi connectivity index (χ4n) is 4.25. The van der Waals surface area contributed by atoms with Crippen molar-refractivity contribution in [1.82, 2.24) is 9.80 Å². The van der Waals surface area contributed by atoms with Crippen LogP contribution in [0.1, 0.15) is 37.7 Å². The molecule has 1 saturated carbocycles. The fraction of sp³-hybridized carbons (Fsp3) is 0.524. The van der Waals surface area contributed by atoms with E-state index in [4.69, 9.17) is 11.6 Å². The largest absolute Gasteiger partial charge is 0.290 e. The molecule has 0 aromatic heterocycles. The van der Waals surface area contributed by atoms with Crippen LogP contribution in [-0.4, -0.2) is 51.5 Å². The first-order valence-corrected chi connectivity index (χ1v) is 11.5. The van der Waals surface area contributed by atoms with Crippen molar-refractivity contribution < 1.29 is 14.4 Å². The second-order valence-corrected chi connectivity index (χ2v) is 9.30. The smallest absolute Gasteiger partial charge is 0.248 e. The van der Waals surface area contributed by atoms with Crippen LogP contribution in [0.2, 0.25) is 5.02 Å². The lowest BCUT2D eigenvalue weighted by Gasteiger charge is -2.29. The molecule has 3 amide bonds. The Morgan fingerprint density at radius 3 is 2.52 bits per heavy atom. The summed E-state index contributed by atoms with van der Waals surface area (Å²) in [6.45, 7) is 2.26. The number of amidine groups is 1. The maximum Gasteiger partial charge on any atom is 0.248 e. The summed E-state index contributed by atoms with van der Waals surface area (Å²) in [6, 6.07) is 5.54. The van der Waals surface area contributed by atoms with Crippen molar-refractivity contribution in [3.8, 4) is 0 Å². The average Bonchev–Trinajstić information content (AvgIpc) is 2.96. The number of benzene rings is 1. The number of carbonyl (C=O) groups is 3. The van der Waals surface area contributed by atoms with E-state index in [0.29, 0.717) is 22.4 Å². The minimum absolute atomic E-state index is 0.179. The molecule has 1 aromatic rings. The van der Waals surface area contributed by atoms with Gasteiger partial charge in [0.1, 0.15) is 6.54 Å². The van der Waals surface area contributed by atoms with E-state index in [9.17, 15) is 14.4 Å². The number of nitrogens with zero attached hydrogens (tertiary/aromatic N) is 3. The number of rotatable bonds is 3. The van der Waals surface area contributed by atoms with Crippen molar-refractivity contribution in [2.45, 2.75) is 39.0 Å². The van der Waals surface area contributed by atoms with E-state index >= 15 is 0 Å². The van der Waals surface area contributed by atoms with E-state index < -0.39 is 0 Å². The minimum atomic E-state index is -0.255. The number of hydrogen-bond acceptors (Lipinski definition) is 5. The van der Waals surface area contributed by atoms with E-state index in [2.05, 4.69) is 4.99 Å². The number of amides is 3. The Morgan fingerprint density at radius 2 is 1.86 bits per heavy atom. The summed E-state index contributed by atoms with van der Waals surface area (Å²) < 4.78 is 0. The van der Waals surface area contributed by atoms with Crippen LogP contribution in [0.4, 0.5) is 5.69 Å². The number of likely N-dealkylation sites (tertiary alicyclic amines) is 1. The highest BCUT2D eigenvalue weighted by atomic mass is 35.5. The maximum atomic E-state index is 13.0. The molecule has 154 valence electrons. The summed E-state index contributed by atoms with van der Waals surface area (Å²) in [5, 5.41) is 1.22. The molecule has 2 aliphatic heterocycles. The highest BCUT2D eigenvalue weighted by molar-refractivity contribution is 8.13. The van der Waals surface area contributed by atoms with Crippen LogP contribution in [0.15, 0.2) is 23.2 Å². The van der Waals surface area contributed by atoms with E-state index in [-0.39, 0.29) is 36.1 Å².